The molecule has 0 aliphatic heterocycles. The molecule has 150 valence electrons. The number of para-hydroxylation sites is 1. The van der Waals surface area contributed by atoms with Gasteiger partial charge in [-0.25, -0.2) is 0 Å². The van der Waals surface area contributed by atoms with E-state index in [0.717, 1.165) is 17.7 Å². The highest BCUT2D eigenvalue weighted by Gasteiger charge is 2.28. The number of rotatable bonds is 7. The summed E-state index contributed by atoms with van der Waals surface area (Å²) in [5.74, 6) is 0.760. The van der Waals surface area contributed by atoms with E-state index in [0.29, 0.717) is 23.7 Å². The van der Waals surface area contributed by atoms with Crippen LogP contribution >= 0.6 is 23.8 Å². The fraction of sp³-hybridized carbons (Fsp3) is 0.364. The Bertz CT molecular complexity index is 852. The second-order valence-corrected chi connectivity index (χ2v) is 8.31. The molecule has 0 spiro atoms. The first-order chi connectivity index (χ1) is 13.2. The maximum Gasteiger partial charge on any atom is 0.231 e. The minimum Gasteiger partial charge on any atom is -0.493 e. The van der Waals surface area contributed by atoms with Crippen molar-refractivity contribution in [3.63, 3.8) is 0 Å². The lowest BCUT2D eigenvalue weighted by atomic mass is 9.87. The van der Waals surface area contributed by atoms with Crippen LogP contribution < -0.4 is 15.4 Å². The van der Waals surface area contributed by atoms with Crippen LogP contribution in [-0.4, -0.2) is 17.6 Å². The number of thiocarbonyl (C=S) groups is 1. The fourth-order valence-corrected chi connectivity index (χ4v) is 3.05. The van der Waals surface area contributed by atoms with Gasteiger partial charge < -0.3 is 15.4 Å². The Labute approximate surface area is 177 Å². The van der Waals surface area contributed by atoms with Crippen molar-refractivity contribution in [2.75, 3.05) is 11.9 Å². The van der Waals surface area contributed by atoms with E-state index in [2.05, 4.69) is 22.8 Å². The lowest BCUT2D eigenvalue weighted by Gasteiger charge is -2.24. The van der Waals surface area contributed by atoms with Crippen molar-refractivity contribution in [3.8, 4) is 5.75 Å². The van der Waals surface area contributed by atoms with Crippen LogP contribution in [0.25, 0.3) is 0 Å². The Morgan fingerprint density at radius 1 is 1.18 bits per heavy atom. The van der Waals surface area contributed by atoms with Gasteiger partial charge >= 0.3 is 0 Å². The Morgan fingerprint density at radius 2 is 1.89 bits per heavy atom. The highest BCUT2D eigenvalue weighted by atomic mass is 35.5. The Balaban J connectivity index is 1.81. The van der Waals surface area contributed by atoms with Crippen LogP contribution in [0.4, 0.5) is 5.69 Å². The van der Waals surface area contributed by atoms with Gasteiger partial charge in [-0.2, -0.15) is 0 Å². The van der Waals surface area contributed by atoms with Crippen LogP contribution in [0.2, 0.25) is 5.02 Å². The first kappa shape index (κ1) is 22.2. The number of amides is 1. The average molecular weight is 419 g/mol. The molecule has 0 heterocycles. The lowest BCUT2D eigenvalue weighted by Crippen LogP contribution is -2.42. The standard InChI is InChI=1S/C22H27ClN2O2S/c1-15-10-11-16(2)19(14-15)27-13-7-12-22(3,4)20(26)25-21(28)24-18-9-6-5-8-17(18)23/h5-6,8-11,14H,7,12-13H2,1-4H3,(H2,24,25,26,28). The molecule has 0 aliphatic rings. The molecule has 0 atom stereocenters. The topological polar surface area (TPSA) is 50.4 Å². The van der Waals surface area contributed by atoms with Gasteiger partial charge in [0.2, 0.25) is 5.91 Å². The summed E-state index contributed by atoms with van der Waals surface area (Å²) < 4.78 is 5.88. The molecule has 0 aromatic heterocycles. The van der Waals surface area contributed by atoms with Crippen LogP contribution in [0.15, 0.2) is 42.5 Å². The molecule has 28 heavy (non-hydrogen) atoms. The molecule has 0 radical (unpaired) electrons. The number of ether oxygens (including phenoxy) is 1. The van der Waals surface area contributed by atoms with E-state index < -0.39 is 5.41 Å². The van der Waals surface area contributed by atoms with Gasteiger partial charge in [-0.1, -0.05) is 49.7 Å². The van der Waals surface area contributed by atoms with Gasteiger partial charge in [-0.15, -0.1) is 0 Å². The lowest BCUT2D eigenvalue weighted by molar-refractivity contribution is -0.128. The van der Waals surface area contributed by atoms with Gasteiger partial charge in [0.05, 0.1) is 17.3 Å². The van der Waals surface area contributed by atoms with Crippen molar-refractivity contribution in [2.24, 2.45) is 5.41 Å². The first-order valence-corrected chi connectivity index (χ1v) is 10.0. The molecule has 6 heteroatoms. The van der Waals surface area contributed by atoms with E-state index in [1.54, 1.807) is 12.1 Å². The summed E-state index contributed by atoms with van der Waals surface area (Å²) in [6, 6.07) is 13.4. The van der Waals surface area contributed by atoms with Crippen LogP contribution in [-0.2, 0) is 4.79 Å². The minimum atomic E-state index is -0.572. The van der Waals surface area contributed by atoms with Gasteiger partial charge in [-0.3, -0.25) is 4.79 Å². The zero-order valence-corrected chi connectivity index (χ0v) is 18.3. The Hall–Kier alpha value is -2.11. The molecule has 0 bridgehead atoms. The van der Waals surface area contributed by atoms with Gasteiger partial charge in [0, 0.05) is 5.41 Å². The first-order valence-electron chi connectivity index (χ1n) is 9.26. The fourth-order valence-electron chi connectivity index (χ4n) is 2.66. The highest BCUT2D eigenvalue weighted by Crippen LogP contribution is 2.25. The number of halogens is 1. The molecule has 2 N–H and O–H groups in total. The largest absolute Gasteiger partial charge is 0.493 e. The third-order valence-corrected chi connectivity index (χ3v) is 5.04. The normalized spacial score (nSPS) is 11.0. The molecule has 1 amide bonds. The van der Waals surface area contributed by atoms with Crippen LogP contribution in [0.1, 0.15) is 37.8 Å². The zero-order chi connectivity index (χ0) is 20.7. The zero-order valence-electron chi connectivity index (χ0n) is 16.8. The monoisotopic (exact) mass is 418 g/mol. The van der Waals surface area contributed by atoms with Gasteiger partial charge in [-0.05, 0) is 68.2 Å². The molecule has 2 aromatic carbocycles. The van der Waals surface area contributed by atoms with Crippen molar-refractivity contribution < 1.29 is 9.53 Å². The summed E-state index contributed by atoms with van der Waals surface area (Å²) in [6.07, 6.45) is 1.44. The van der Waals surface area contributed by atoms with Crippen LogP contribution in [0, 0.1) is 19.3 Å². The Morgan fingerprint density at radius 3 is 2.61 bits per heavy atom. The number of carbonyl (C=O) groups is 1. The quantitative estimate of drug-likeness (QED) is 0.450. The number of benzene rings is 2. The van der Waals surface area contributed by atoms with Crippen molar-refractivity contribution in [1.29, 1.82) is 0 Å². The highest BCUT2D eigenvalue weighted by molar-refractivity contribution is 7.80. The molecule has 0 fully saturated rings. The molecular weight excluding hydrogens is 392 g/mol. The summed E-state index contributed by atoms with van der Waals surface area (Å²) in [4.78, 5) is 12.6. The maximum absolute atomic E-state index is 12.6. The number of hydrogen-bond donors (Lipinski definition) is 2. The molecule has 0 unspecified atom stereocenters. The van der Waals surface area contributed by atoms with Crippen molar-refractivity contribution >= 4 is 40.5 Å². The number of aryl methyl sites for hydroxylation is 2. The second-order valence-electron chi connectivity index (χ2n) is 7.49. The van der Waals surface area contributed by atoms with Crippen molar-refractivity contribution in [3.05, 3.63) is 58.6 Å². The summed E-state index contributed by atoms with van der Waals surface area (Å²) >= 11 is 11.3. The average Bonchev–Trinajstić information content (AvgIpc) is 2.63. The smallest absolute Gasteiger partial charge is 0.231 e. The number of nitrogens with one attached hydrogen (secondary N) is 2. The summed E-state index contributed by atoms with van der Waals surface area (Å²) in [7, 11) is 0. The molecule has 2 aromatic rings. The minimum absolute atomic E-state index is 0.135. The number of anilines is 1. The van der Waals surface area contributed by atoms with E-state index in [9.17, 15) is 4.79 Å². The van der Waals surface area contributed by atoms with Crippen LogP contribution in [0.3, 0.4) is 0 Å². The SMILES string of the molecule is Cc1ccc(C)c(OCCCC(C)(C)C(=O)NC(=S)Nc2ccccc2Cl)c1. The van der Waals surface area contributed by atoms with Crippen molar-refractivity contribution in [2.45, 2.75) is 40.5 Å². The predicted octanol–water partition coefficient (Wildman–Crippen LogP) is 5.66. The molecule has 0 aliphatic carbocycles. The summed E-state index contributed by atoms with van der Waals surface area (Å²) in [5.41, 5.74) is 2.37. The number of carbonyl (C=O) groups excluding carboxylic acids is 1. The van der Waals surface area contributed by atoms with E-state index in [4.69, 9.17) is 28.6 Å². The van der Waals surface area contributed by atoms with E-state index >= 15 is 0 Å². The van der Waals surface area contributed by atoms with E-state index in [1.807, 2.05) is 45.9 Å². The third kappa shape index (κ3) is 6.50. The maximum atomic E-state index is 12.6. The second kappa shape index (κ2) is 9.89. The molecule has 0 saturated carbocycles. The summed E-state index contributed by atoms with van der Waals surface area (Å²) in [5, 5.41) is 6.49. The number of hydrogen-bond acceptors (Lipinski definition) is 3. The molecular formula is C22H27ClN2O2S. The Kier molecular flexibility index (Phi) is 7.84. The molecule has 4 nitrogen and oxygen atoms in total. The third-order valence-electron chi connectivity index (χ3n) is 4.51. The van der Waals surface area contributed by atoms with Crippen LogP contribution in [0.5, 0.6) is 5.75 Å². The van der Waals surface area contributed by atoms with Gasteiger partial charge in [0.1, 0.15) is 5.75 Å². The summed E-state index contributed by atoms with van der Waals surface area (Å²) in [6.45, 7) is 8.43. The van der Waals surface area contributed by atoms with Gasteiger partial charge in [0.15, 0.2) is 5.11 Å². The van der Waals surface area contributed by atoms with E-state index in [1.165, 1.54) is 5.56 Å². The predicted molar refractivity (Wildman–Crippen MR) is 120 cm³/mol. The van der Waals surface area contributed by atoms with E-state index in [-0.39, 0.29) is 11.0 Å². The van der Waals surface area contributed by atoms with Crippen molar-refractivity contribution in [1.82, 2.24) is 5.32 Å². The van der Waals surface area contributed by atoms with Gasteiger partial charge in [0.25, 0.3) is 0 Å². The molecule has 0 saturated heterocycles. The molecule has 2 rings (SSSR count).